The first-order chi connectivity index (χ1) is 27.5. The molecule has 12 nitrogen and oxygen atoms in total. The molecule has 1 heterocycles. The predicted molar refractivity (Wildman–Crippen MR) is 218 cm³/mol. The Labute approximate surface area is 332 Å². The van der Waals surface area contributed by atoms with E-state index in [9.17, 15) is 32.7 Å². The van der Waals surface area contributed by atoms with Crippen LogP contribution in [-0.2, 0) is 27.7 Å². The van der Waals surface area contributed by atoms with E-state index in [2.05, 4.69) is 15.5 Å². The topological polar surface area (TPSA) is 173 Å². The summed E-state index contributed by atoms with van der Waals surface area (Å²) in [6.45, 7) is 1.72. The minimum absolute atomic E-state index is 0.000333. The summed E-state index contributed by atoms with van der Waals surface area (Å²) < 4.78 is 29.8. The summed E-state index contributed by atoms with van der Waals surface area (Å²) in [6.07, 6.45) is 7.96. The van der Waals surface area contributed by atoms with Gasteiger partial charge in [-0.1, -0.05) is 30.3 Å². The van der Waals surface area contributed by atoms with Crippen LogP contribution in [0.3, 0.4) is 0 Å². The number of sulfonamides is 1. The molecule has 4 aromatic rings. The van der Waals surface area contributed by atoms with Gasteiger partial charge in [-0.15, -0.1) is 0 Å². The van der Waals surface area contributed by atoms with Crippen LogP contribution in [0.4, 0.5) is 17.1 Å². The maximum Gasteiger partial charge on any atom is 0.335 e. The fourth-order valence-electron chi connectivity index (χ4n) is 7.94. The molecule has 3 aliphatic rings. The number of carbonyl (C=O) groups excluding carboxylic acids is 2. The van der Waals surface area contributed by atoms with Gasteiger partial charge in [-0.25, -0.2) is 13.2 Å². The van der Waals surface area contributed by atoms with E-state index < -0.39 is 39.7 Å². The van der Waals surface area contributed by atoms with Crippen LogP contribution in [0.25, 0.3) is 0 Å². The van der Waals surface area contributed by atoms with E-state index in [1.165, 1.54) is 12.1 Å². The van der Waals surface area contributed by atoms with Gasteiger partial charge in [0.15, 0.2) is 0 Å². The molecule has 0 aromatic heterocycles. The van der Waals surface area contributed by atoms with E-state index in [0.29, 0.717) is 31.4 Å². The first kappa shape index (κ1) is 39.7. The van der Waals surface area contributed by atoms with Gasteiger partial charge < -0.3 is 25.7 Å². The number of aromatic carboxylic acids is 1. The van der Waals surface area contributed by atoms with Crippen molar-refractivity contribution < 1.29 is 37.8 Å². The number of aliphatic carboxylic acids is 1. The van der Waals surface area contributed by atoms with Crippen molar-refractivity contribution in [1.29, 1.82) is 0 Å². The highest BCUT2D eigenvalue weighted by atomic mass is 32.2. The summed E-state index contributed by atoms with van der Waals surface area (Å²) in [6, 6.07) is 25.2. The van der Waals surface area contributed by atoms with Crippen LogP contribution < -0.4 is 15.5 Å². The molecule has 2 saturated carbocycles. The van der Waals surface area contributed by atoms with E-state index in [0.717, 1.165) is 74.8 Å². The molecule has 298 valence electrons. The maximum atomic E-state index is 14.1. The summed E-state index contributed by atoms with van der Waals surface area (Å²) >= 11 is 0. The van der Waals surface area contributed by atoms with Crippen molar-refractivity contribution in [3.05, 3.63) is 119 Å². The highest BCUT2D eigenvalue weighted by Crippen LogP contribution is 2.39. The fraction of sp³-hybridized carbons (Fsp3) is 0.364. The first-order valence-electron chi connectivity index (χ1n) is 19.8. The lowest BCUT2D eigenvalue weighted by Gasteiger charge is -2.35. The number of amides is 2. The number of anilines is 3. The highest BCUT2D eigenvalue weighted by Gasteiger charge is 2.44. The molecule has 4 N–H and O–H groups in total. The number of rotatable bonds is 14. The highest BCUT2D eigenvalue weighted by molar-refractivity contribution is 7.89. The van der Waals surface area contributed by atoms with Gasteiger partial charge in [-0.05, 0) is 142 Å². The van der Waals surface area contributed by atoms with Crippen molar-refractivity contribution in [3.63, 3.8) is 0 Å². The maximum absolute atomic E-state index is 14.1. The van der Waals surface area contributed by atoms with Gasteiger partial charge in [0.05, 0.1) is 27.6 Å². The van der Waals surface area contributed by atoms with Gasteiger partial charge in [0.25, 0.3) is 11.8 Å². The van der Waals surface area contributed by atoms with Crippen LogP contribution in [0.15, 0.2) is 95.9 Å². The average molecular weight is 793 g/mol. The Balaban J connectivity index is 1.07. The molecule has 13 heteroatoms. The average Bonchev–Trinajstić information content (AvgIpc) is 4.06. The summed E-state index contributed by atoms with van der Waals surface area (Å²) in [5.41, 5.74) is 4.43. The molecule has 3 fully saturated rings. The molecule has 0 spiro atoms. The lowest BCUT2D eigenvalue weighted by atomic mass is 9.86. The number of nitrogens with zero attached hydrogens (tertiary/aromatic N) is 2. The lowest BCUT2D eigenvalue weighted by molar-refractivity contribution is -0.143. The Bertz CT molecular complexity index is 2230. The third kappa shape index (κ3) is 9.54. The standard InChI is InChI=1S/C44H48N4O8S/c49-41(33-5-4-6-38(27-33)57(55,56)48(36-21-22-36)35-19-15-32(16-20-35)44(53)54)46-40-24-23-37(47-25-2-1-3-26-47)28-39(40)42(50)45-34-17-11-30(12-18-34)8-7-29-9-13-31(14-10-29)43(51)52/h4-6,9-14,17-18,23-24,27-28,32,35-36H,1-3,7-8,15-16,19-22,25-26H2,(H,45,50)(H,46,49)(H,51,52)(H,53,54). The number of carboxylic acids is 2. The third-order valence-corrected chi connectivity index (χ3v) is 13.3. The Kier molecular flexibility index (Phi) is 12.1. The van der Waals surface area contributed by atoms with Crippen molar-refractivity contribution >= 4 is 50.8 Å². The fourth-order valence-corrected chi connectivity index (χ4v) is 9.92. The molecule has 1 saturated heterocycles. The van der Waals surface area contributed by atoms with E-state index in [1.807, 2.05) is 42.5 Å². The number of carboxylic acid groups (broad SMARTS) is 2. The number of carbonyl (C=O) groups is 4. The molecule has 57 heavy (non-hydrogen) atoms. The van der Waals surface area contributed by atoms with Crippen molar-refractivity contribution in [2.24, 2.45) is 5.92 Å². The Hall–Kier alpha value is -5.53. The van der Waals surface area contributed by atoms with Crippen LogP contribution in [0.5, 0.6) is 0 Å². The van der Waals surface area contributed by atoms with E-state index in [1.54, 1.807) is 40.7 Å². The number of piperidine rings is 1. The molecule has 0 atom stereocenters. The summed E-state index contributed by atoms with van der Waals surface area (Å²) in [7, 11) is -3.99. The number of aryl methyl sites for hydroxylation is 2. The van der Waals surface area contributed by atoms with E-state index in [4.69, 9.17) is 5.11 Å². The zero-order valence-electron chi connectivity index (χ0n) is 31.7. The largest absolute Gasteiger partial charge is 0.481 e. The van der Waals surface area contributed by atoms with Gasteiger partial charge in [0.2, 0.25) is 10.0 Å². The van der Waals surface area contributed by atoms with Gasteiger partial charge in [0.1, 0.15) is 0 Å². The second-order valence-corrected chi connectivity index (χ2v) is 17.2. The number of hydrogen-bond acceptors (Lipinski definition) is 7. The van der Waals surface area contributed by atoms with Crippen molar-refractivity contribution in [2.75, 3.05) is 28.6 Å². The number of hydrogen-bond donors (Lipinski definition) is 4. The normalized spacial score (nSPS) is 18.5. The molecule has 0 unspecified atom stereocenters. The molecule has 2 amide bonds. The van der Waals surface area contributed by atoms with Gasteiger partial charge in [0, 0.05) is 42.1 Å². The monoisotopic (exact) mass is 792 g/mol. The first-order valence-corrected chi connectivity index (χ1v) is 21.2. The molecular formula is C44H48N4O8S. The third-order valence-electron chi connectivity index (χ3n) is 11.3. The summed E-state index contributed by atoms with van der Waals surface area (Å²) in [5.74, 6) is -3.25. The Morgan fingerprint density at radius 2 is 1.28 bits per heavy atom. The zero-order valence-corrected chi connectivity index (χ0v) is 32.5. The lowest BCUT2D eigenvalue weighted by Crippen LogP contribution is -2.44. The number of benzene rings is 4. The molecule has 0 bridgehead atoms. The van der Waals surface area contributed by atoms with Crippen LogP contribution in [-0.4, -0.2) is 71.9 Å². The van der Waals surface area contributed by atoms with Crippen molar-refractivity contribution in [2.45, 2.75) is 87.6 Å². The number of nitrogens with one attached hydrogen (secondary N) is 2. The predicted octanol–water partition coefficient (Wildman–Crippen LogP) is 7.46. The molecule has 1 aliphatic heterocycles. The smallest absolute Gasteiger partial charge is 0.335 e. The zero-order chi connectivity index (χ0) is 40.1. The summed E-state index contributed by atoms with van der Waals surface area (Å²) in [4.78, 5) is 52.7. The van der Waals surface area contributed by atoms with Crippen molar-refractivity contribution in [3.8, 4) is 0 Å². The van der Waals surface area contributed by atoms with Gasteiger partial charge in [-0.3, -0.25) is 14.4 Å². The molecule has 0 radical (unpaired) electrons. The SMILES string of the molecule is O=C(O)c1ccc(CCc2ccc(NC(=O)c3cc(N4CCCCC4)ccc3NC(=O)c3cccc(S(=O)(=O)N(C4CCC(C(=O)O)CC4)C4CC4)c3)cc2)cc1. The minimum Gasteiger partial charge on any atom is -0.481 e. The van der Waals surface area contributed by atoms with Crippen LogP contribution in [0.1, 0.15) is 100.0 Å². The van der Waals surface area contributed by atoms with Gasteiger partial charge in [-0.2, -0.15) is 4.31 Å². The molecular weight excluding hydrogens is 745 g/mol. The molecule has 4 aromatic carbocycles. The van der Waals surface area contributed by atoms with Crippen LogP contribution in [0, 0.1) is 5.92 Å². The minimum atomic E-state index is -3.99. The molecule has 7 rings (SSSR count). The van der Waals surface area contributed by atoms with Gasteiger partial charge >= 0.3 is 11.9 Å². The van der Waals surface area contributed by atoms with E-state index >= 15 is 0 Å². The second-order valence-electron chi connectivity index (χ2n) is 15.3. The van der Waals surface area contributed by atoms with E-state index in [-0.39, 0.29) is 39.4 Å². The Morgan fingerprint density at radius 3 is 1.88 bits per heavy atom. The molecule has 2 aliphatic carbocycles. The quantitative estimate of drug-likeness (QED) is 0.101. The Morgan fingerprint density at radius 1 is 0.667 bits per heavy atom. The van der Waals surface area contributed by atoms with Crippen molar-refractivity contribution in [1.82, 2.24) is 4.31 Å². The summed E-state index contributed by atoms with van der Waals surface area (Å²) in [5, 5.41) is 24.5. The van der Waals surface area contributed by atoms with Crippen LogP contribution >= 0.6 is 0 Å². The van der Waals surface area contributed by atoms with Crippen LogP contribution in [0.2, 0.25) is 0 Å². The second kappa shape index (κ2) is 17.3.